The molecule has 96 valence electrons. The smallest absolute Gasteiger partial charge is 0.230 e. The molecule has 6 heteroatoms. The molecule has 18 heavy (non-hydrogen) atoms. The van der Waals surface area contributed by atoms with Crippen molar-refractivity contribution in [1.82, 2.24) is 10.5 Å². The molecule has 0 spiro atoms. The number of thioether (sulfide) groups is 1. The Balaban J connectivity index is 1.63. The number of nitrogens with zero attached hydrogens (tertiary/aromatic N) is 1. The summed E-state index contributed by atoms with van der Waals surface area (Å²) in [4.78, 5) is 11.5. The molecule has 2 aromatic rings. The number of carbonyl (C=O) groups is 1. The van der Waals surface area contributed by atoms with Gasteiger partial charge in [0.25, 0.3) is 0 Å². The van der Waals surface area contributed by atoms with Crippen LogP contribution in [0.2, 0.25) is 0 Å². The summed E-state index contributed by atoms with van der Waals surface area (Å²) in [5.74, 6) is 2.59. The fourth-order valence-electron chi connectivity index (χ4n) is 1.38. The van der Waals surface area contributed by atoms with Crippen molar-refractivity contribution in [3.8, 4) is 0 Å². The van der Waals surface area contributed by atoms with Crippen molar-refractivity contribution in [2.75, 3.05) is 5.75 Å². The number of hydrogen-bond acceptors (Lipinski definition) is 5. The Morgan fingerprint density at radius 2 is 2.44 bits per heavy atom. The average Bonchev–Trinajstić information content (AvgIpc) is 2.98. The number of rotatable bonds is 6. The van der Waals surface area contributed by atoms with Crippen LogP contribution in [0.25, 0.3) is 0 Å². The van der Waals surface area contributed by atoms with E-state index in [-0.39, 0.29) is 5.91 Å². The summed E-state index contributed by atoms with van der Waals surface area (Å²) in [6.45, 7) is 2.27. The molecular weight excluding hydrogens is 252 g/mol. The van der Waals surface area contributed by atoms with Crippen molar-refractivity contribution in [3.05, 3.63) is 41.7 Å². The fraction of sp³-hybridized carbons (Fsp3) is 0.333. The average molecular weight is 266 g/mol. The molecule has 2 aromatic heterocycles. The lowest BCUT2D eigenvalue weighted by molar-refractivity contribution is -0.118. The first-order chi connectivity index (χ1) is 8.74. The van der Waals surface area contributed by atoms with E-state index in [0.717, 1.165) is 17.2 Å². The molecule has 0 aliphatic heterocycles. The van der Waals surface area contributed by atoms with Gasteiger partial charge in [0.15, 0.2) is 0 Å². The predicted molar refractivity (Wildman–Crippen MR) is 68.0 cm³/mol. The standard InChI is InChI=1S/C12H14N2O3S/c1-9-5-10(14-17-9)7-18-8-12(15)13-6-11-3-2-4-16-11/h2-5H,6-8H2,1H3,(H,13,15). The molecule has 0 aliphatic rings. The van der Waals surface area contributed by atoms with Crippen molar-refractivity contribution in [1.29, 1.82) is 0 Å². The molecule has 1 amide bonds. The number of furan rings is 1. The zero-order chi connectivity index (χ0) is 12.8. The van der Waals surface area contributed by atoms with Crippen LogP contribution in [0.1, 0.15) is 17.2 Å². The largest absolute Gasteiger partial charge is 0.467 e. The first-order valence-corrected chi connectivity index (χ1v) is 6.68. The Hall–Kier alpha value is -1.69. The molecule has 2 rings (SSSR count). The summed E-state index contributed by atoms with van der Waals surface area (Å²) in [7, 11) is 0. The number of aromatic nitrogens is 1. The first kappa shape index (κ1) is 12.8. The third-order valence-corrected chi connectivity index (χ3v) is 3.17. The van der Waals surface area contributed by atoms with Gasteiger partial charge in [-0.1, -0.05) is 5.16 Å². The van der Waals surface area contributed by atoms with Crippen molar-refractivity contribution in [2.45, 2.75) is 19.2 Å². The summed E-state index contributed by atoms with van der Waals surface area (Å²) in [5, 5.41) is 6.64. The van der Waals surface area contributed by atoms with Crippen LogP contribution in [0, 0.1) is 6.92 Å². The van der Waals surface area contributed by atoms with Gasteiger partial charge in [-0.3, -0.25) is 4.79 Å². The van der Waals surface area contributed by atoms with E-state index in [4.69, 9.17) is 8.94 Å². The quantitative estimate of drug-likeness (QED) is 0.867. The van der Waals surface area contributed by atoms with Crippen LogP contribution in [0.15, 0.2) is 33.4 Å². The van der Waals surface area contributed by atoms with E-state index in [9.17, 15) is 4.79 Å². The third kappa shape index (κ3) is 3.96. The minimum Gasteiger partial charge on any atom is -0.467 e. The van der Waals surface area contributed by atoms with Crippen LogP contribution in [0.3, 0.4) is 0 Å². The van der Waals surface area contributed by atoms with Crippen molar-refractivity contribution >= 4 is 17.7 Å². The maximum atomic E-state index is 11.5. The molecule has 0 atom stereocenters. The lowest BCUT2D eigenvalue weighted by Gasteiger charge is -2.02. The molecule has 5 nitrogen and oxygen atoms in total. The molecule has 0 saturated heterocycles. The highest BCUT2D eigenvalue weighted by molar-refractivity contribution is 7.99. The summed E-state index contributed by atoms with van der Waals surface area (Å²) in [6.07, 6.45) is 1.59. The number of amides is 1. The summed E-state index contributed by atoms with van der Waals surface area (Å²) in [6, 6.07) is 5.49. The molecule has 0 aliphatic carbocycles. The Bertz CT molecular complexity index is 493. The van der Waals surface area contributed by atoms with Crippen molar-refractivity contribution < 1.29 is 13.7 Å². The second-order valence-electron chi connectivity index (χ2n) is 3.78. The second kappa shape index (κ2) is 6.30. The van der Waals surface area contributed by atoms with Crippen LogP contribution in [0.5, 0.6) is 0 Å². The Labute approximate surface area is 109 Å². The van der Waals surface area contributed by atoms with Crippen LogP contribution in [0.4, 0.5) is 0 Å². The number of nitrogens with one attached hydrogen (secondary N) is 1. The summed E-state index contributed by atoms with van der Waals surface area (Å²) in [5.41, 5.74) is 0.858. The number of aryl methyl sites for hydroxylation is 1. The van der Waals surface area contributed by atoms with E-state index in [1.807, 2.05) is 19.1 Å². The van der Waals surface area contributed by atoms with Crippen LogP contribution >= 0.6 is 11.8 Å². The molecule has 0 unspecified atom stereocenters. The Morgan fingerprint density at radius 1 is 1.56 bits per heavy atom. The third-order valence-electron chi connectivity index (χ3n) is 2.20. The van der Waals surface area contributed by atoms with Gasteiger partial charge in [0.2, 0.25) is 5.91 Å². The van der Waals surface area contributed by atoms with Gasteiger partial charge in [-0.05, 0) is 19.1 Å². The molecule has 0 bridgehead atoms. The van der Waals surface area contributed by atoms with Crippen LogP contribution < -0.4 is 5.32 Å². The molecule has 0 aromatic carbocycles. The SMILES string of the molecule is Cc1cc(CSCC(=O)NCc2ccco2)no1. The summed E-state index contributed by atoms with van der Waals surface area (Å²) < 4.78 is 10.1. The van der Waals surface area contributed by atoms with Gasteiger partial charge in [0.05, 0.1) is 24.3 Å². The van der Waals surface area contributed by atoms with Crippen LogP contribution in [-0.2, 0) is 17.1 Å². The molecule has 0 fully saturated rings. The maximum Gasteiger partial charge on any atom is 0.230 e. The molecule has 0 saturated carbocycles. The lowest BCUT2D eigenvalue weighted by atomic mass is 10.4. The van der Waals surface area contributed by atoms with Crippen LogP contribution in [-0.4, -0.2) is 16.8 Å². The minimum absolute atomic E-state index is 0.0170. The van der Waals surface area contributed by atoms with Crippen molar-refractivity contribution in [3.63, 3.8) is 0 Å². The normalized spacial score (nSPS) is 10.5. The van der Waals surface area contributed by atoms with Gasteiger partial charge < -0.3 is 14.3 Å². The van der Waals surface area contributed by atoms with Gasteiger partial charge in [-0.2, -0.15) is 0 Å². The van der Waals surface area contributed by atoms with E-state index in [1.165, 1.54) is 11.8 Å². The lowest BCUT2D eigenvalue weighted by Crippen LogP contribution is -2.24. The highest BCUT2D eigenvalue weighted by Gasteiger charge is 2.05. The zero-order valence-corrected chi connectivity index (χ0v) is 10.8. The number of hydrogen-bond donors (Lipinski definition) is 1. The van der Waals surface area contributed by atoms with Gasteiger partial charge in [-0.25, -0.2) is 0 Å². The Kier molecular flexibility index (Phi) is 4.46. The van der Waals surface area contributed by atoms with Gasteiger partial charge >= 0.3 is 0 Å². The van der Waals surface area contributed by atoms with Crippen molar-refractivity contribution in [2.24, 2.45) is 0 Å². The molecule has 0 radical (unpaired) electrons. The second-order valence-corrected chi connectivity index (χ2v) is 4.76. The fourth-order valence-corrected chi connectivity index (χ4v) is 2.12. The van der Waals surface area contributed by atoms with E-state index in [0.29, 0.717) is 18.1 Å². The van der Waals surface area contributed by atoms with E-state index in [1.54, 1.807) is 12.3 Å². The monoisotopic (exact) mass is 266 g/mol. The minimum atomic E-state index is -0.0170. The van der Waals surface area contributed by atoms with E-state index in [2.05, 4.69) is 10.5 Å². The van der Waals surface area contributed by atoms with Gasteiger partial charge in [0, 0.05) is 11.8 Å². The van der Waals surface area contributed by atoms with E-state index < -0.39 is 0 Å². The topological polar surface area (TPSA) is 68.3 Å². The highest BCUT2D eigenvalue weighted by atomic mass is 32.2. The van der Waals surface area contributed by atoms with Gasteiger partial charge in [-0.15, -0.1) is 11.8 Å². The zero-order valence-electron chi connectivity index (χ0n) is 10.0. The molecule has 2 heterocycles. The highest BCUT2D eigenvalue weighted by Crippen LogP contribution is 2.11. The number of carbonyl (C=O) groups excluding carboxylic acids is 1. The first-order valence-electron chi connectivity index (χ1n) is 5.53. The summed E-state index contributed by atoms with van der Waals surface area (Å²) >= 11 is 1.50. The maximum absolute atomic E-state index is 11.5. The predicted octanol–water partition coefficient (Wildman–Crippen LogP) is 2.13. The molecule has 1 N–H and O–H groups in total. The van der Waals surface area contributed by atoms with Gasteiger partial charge in [0.1, 0.15) is 11.5 Å². The van der Waals surface area contributed by atoms with E-state index >= 15 is 0 Å². The molecular formula is C12H14N2O3S. The Morgan fingerprint density at radius 3 is 3.11 bits per heavy atom.